The standard InChI is InChI=1S/C10H18N2O/c11-9(10(12)13)4-3-7-5-8(7)6-1-2-6/h6-9H,1-5,11H2,(H2,12,13). The van der Waals surface area contributed by atoms with Crippen molar-refractivity contribution in [2.45, 2.75) is 38.1 Å². The molecule has 13 heavy (non-hydrogen) atoms. The molecular weight excluding hydrogens is 164 g/mol. The summed E-state index contributed by atoms with van der Waals surface area (Å²) in [5, 5.41) is 0. The molecule has 0 radical (unpaired) electrons. The highest BCUT2D eigenvalue weighted by Crippen LogP contribution is 2.55. The molecule has 2 rings (SSSR count). The number of hydrogen-bond acceptors (Lipinski definition) is 2. The van der Waals surface area contributed by atoms with Gasteiger partial charge in [0.25, 0.3) is 0 Å². The summed E-state index contributed by atoms with van der Waals surface area (Å²) in [6.07, 6.45) is 6.12. The van der Waals surface area contributed by atoms with Crippen LogP contribution in [-0.4, -0.2) is 11.9 Å². The number of hydrogen-bond donors (Lipinski definition) is 2. The maximum Gasteiger partial charge on any atom is 0.234 e. The first-order chi connectivity index (χ1) is 6.18. The Labute approximate surface area is 78.9 Å². The fourth-order valence-electron chi connectivity index (χ4n) is 2.24. The predicted molar refractivity (Wildman–Crippen MR) is 50.7 cm³/mol. The Balaban J connectivity index is 1.61. The normalized spacial score (nSPS) is 34.2. The van der Waals surface area contributed by atoms with Crippen LogP contribution in [0.15, 0.2) is 0 Å². The number of rotatable bonds is 5. The van der Waals surface area contributed by atoms with E-state index in [9.17, 15) is 4.79 Å². The van der Waals surface area contributed by atoms with Gasteiger partial charge in [-0.15, -0.1) is 0 Å². The predicted octanol–water partition coefficient (Wildman–Crippen LogP) is 0.625. The first-order valence-corrected chi connectivity index (χ1v) is 5.23. The first kappa shape index (κ1) is 9.00. The van der Waals surface area contributed by atoms with Crippen LogP contribution in [0.1, 0.15) is 32.1 Å². The van der Waals surface area contributed by atoms with Gasteiger partial charge in [-0.1, -0.05) is 0 Å². The van der Waals surface area contributed by atoms with Gasteiger partial charge in [-0.25, -0.2) is 0 Å². The molecule has 74 valence electrons. The monoisotopic (exact) mass is 182 g/mol. The van der Waals surface area contributed by atoms with Crippen molar-refractivity contribution >= 4 is 5.91 Å². The van der Waals surface area contributed by atoms with Gasteiger partial charge in [-0.05, 0) is 49.9 Å². The number of carbonyl (C=O) groups is 1. The van der Waals surface area contributed by atoms with Crippen molar-refractivity contribution < 1.29 is 4.79 Å². The minimum absolute atomic E-state index is 0.358. The number of amides is 1. The minimum Gasteiger partial charge on any atom is -0.368 e. The molecule has 0 aromatic heterocycles. The zero-order valence-electron chi connectivity index (χ0n) is 7.91. The third kappa shape index (κ3) is 2.21. The summed E-state index contributed by atoms with van der Waals surface area (Å²) in [6, 6.07) is -0.416. The van der Waals surface area contributed by atoms with Crippen molar-refractivity contribution in [3.8, 4) is 0 Å². The van der Waals surface area contributed by atoms with E-state index in [0.29, 0.717) is 0 Å². The fraction of sp³-hybridized carbons (Fsp3) is 0.900. The summed E-state index contributed by atoms with van der Waals surface area (Å²) in [7, 11) is 0. The molecule has 4 N–H and O–H groups in total. The largest absolute Gasteiger partial charge is 0.368 e. The lowest BCUT2D eigenvalue weighted by Crippen LogP contribution is -2.36. The first-order valence-electron chi connectivity index (χ1n) is 5.23. The number of nitrogens with two attached hydrogens (primary N) is 2. The molecule has 3 heteroatoms. The van der Waals surface area contributed by atoms with Gasteiger partial charge in [0.05, 0.1) is 6.04 Å². The van der Waals surface area contributed by atoms with Crippen LogP contribution in [0.3, 0.4) is 0 Å². The quantitative estimate of drug-likeness (QED) is 0.654. The maximum absolute atomic E-state index is 10.7. The van der Waals surface area contributed by atoms with Crippen LogP contribution >= 0.6 is 0 Å². The fourth-order valence-corrected chi connectivity index (χ4v) is 2.24. The Kier molecular flexibility index (Phi) is 2.28. The molecular formula is C10H18N2O. The molecule has 0 aromatic rings. The Morgan fingerprint density at radius 3 is 2.69 bits per heavy atom. The van der Waals surface area contributed by atoms with Gasteiger partial charge in [0.15, 0.2) is 0 Å². The molecule has 2 fully saturated rings. The SMILES string of the molecule is NC(=O)C(N)CCC1CC1C1CC1. The van der Waals surface area contributed by atoms with Crippen molar-refractivity contribution in [1.29, 1.82) is 0 Å². The van der Waals surface area contributed by atoms with Gasteiger partial charge >= 0.3 is 0 Å². The van der Waals surface area contributed by atoms with E-state index in [1.165, 1.54) is 19.3 Å². The molecule has 2 saturated carbocycles. The Hall–Kier alpha value is -0.570. The van der Waals surface area contributed by atoms with Gasteiger partial charge < -0.3 is 11.5 Å². The van der Waals surface area contributed by atoms with Crippen molar-refractivity contribution in [2.24, 2.45) is 29.2 Å². The second-order valence-electron chi connectivity index (χ2n) is 4.58. The Morgan fingerprint density at radius 2 is 2.15 bits per heavy atom. The summed E-state index contributed by atoms with van der Waals surface area (Å²) in [5.41, 5.74) is 10.6. The van der Waals surface area contributed by atoms with Crippen LogP contribution in [0.5, 0.6) is 0 Å². The van der Waals surface area contributed by atoms with Crippen LogP contribution in [0.2, 0.25) is 0 Å². The molecule has 0 heterocycles. The van der Waals surface area contributed by atoms with Crippen LogP contribution in [-0.2, 0) is 4.79 Å². The molecule has 3 atom stereocenters. The second kappa shape index (κ2) is 3.29. The molecule has 0 aliphatic heterocycles. The number of primary amides is 1. The average molecular weight is 182 g/mol. The summed E-state index contributed by atoms with van der Waals surface area (Å²) in [4.78, 5) is 10.7. The van der Waals surface area contributed by atoms with Gasteiger partial charge in [0.2, 0.25) is 5.91 Å². The highest BCUT2D eigenvalue weighted by atomic mass is 16.1. The Bertz CT molecular complexity index is 213. The smallest absolute Gasteiger partial charge is 0.234 e. The van der Waals surface area contributed by atoms with Crippen molar-refractivity contribution in [2.75, 3.05) is 0 Å². The third-order valence-corrected chi connectivity index (χ3v) is 3.42. The lowest BCUT2D eigenvalue weighted by atomic mass is 10.1. The van der Waals surface area contributed by atoms with E-state index in [2.05, 4.69) is 0 Å². The summed E-state index contributed by atoms with van der Waals surface area (Å²) in [5.74, 6) is 2.50. The van der Waals surface area contributed by atoms with E-state index in [0.717, 1.165) is 30.6 Å². The maximum atomic E-state index is 10.7. The van der Waals surface area contributed by atoms with E-state index >= 15 is 0 Å². The molecule has 0 spiro atoms. The Morgan fingerprint density at radius 1 is 1.46 bits per heavy atom. The molecule has 2 aliphatic rings. The van der Waals surface area contributed by atoms with Crippen LogP contribution in [0, 0.1) is 17.8 Å². The topological polar surface area (TPSA) is 69.1 Å². The van der Waals surface area contributed by atoms with Gasteiger partial charge in [-0.3, -0.25) is 4.79 Å². The molecule has 0 bridgehead atoms. The second-order valence-corrected chi connectivity index (χ2v) is 4.58. The van der Waals surface area contributed by atoms with E-state index in [1.807, 2.05) is 0 Å². The van der Waals surface area contributed by atoms with Crippen LogP contribution < -0.4 is 11.5 Å². The van der Waals surface area contributed by atoms with Gasteiger partial charge in [0, 0.05) is 0 Å². The molecule has 3 nitrogen and oxygen atoms in total. The number of carbonyl (C=O) groups excluding carboxylic acids is 1. The van der Waals surface area contributed by atoms with Crippen LogP contribution in [0.25, 0.3) is 0 Å². The summed E-state index contributed by atoms with van der Waals surface area (Å²) < 4.78 is 0. The molecule has 2 aliphatic carbocycles. The third-order valence-electron chi connectivity index (χ3n) is 3.42. The zero-order chi connectivity index (χ0) is 9.42. The van der Waals surface area contributed by atoms with E-state index in [-0.39, 0.29) is 5.91 Å². The van der Waals surface area contributed by atoms with Gasteiger partial charge in [0.1, 0.15) is 0 Å². The van der Waals surface area contributed by atoms with Crippen molar-refractivity contribution in [1.82, 2.24) is 0 Å². The summed E-state index contributed by atoms with van der Waals surface area (Å²) >= 11 is 0. The minimum atomic E-state index is -0.416. The molecule has 0 aromatic carbocycles. The lowest BCUT2D eigenvalue weighted by Gasteiger charge is -2.05. The van der Waals surface area contributed by atoms with E-state index in [1.54, 1.807) is 0 Å². The van der Waals surface area contributed by atoms with Crippen molar-refractivity contribution in [3.63, 3.8) is 0 Å². The van der Waals surface area contributed by atoms with Crippen molar-refractivity contribution in [3.05, 3.63) is 0 Å². The highest BCUT2D eigenvalue weighted by molar-refractivity contribution is 5.79. The lowest BCUT2D eigenvalue weighted by molar-refractivity contribution is -0.119. The average Bonchev–Trinajstić information content (AvgIpc) is 2.91. The molecule has 1 amide bonds. The highest BCUT2D eigenvalue weighted by Gasteiger charge is 2.46. The van der Waals surface area contributed by atoms with E-state index in [4.69, 9.17) is 11.5 Å². The zero-order valence-corrected chi connectivity index (χ0v) is 7.91. The molecule has 0 saturated heterocycles. The van der Waals surface area contributed by atoms with Crippen LogP contribution in [0.4, 0.5) is 0 Å². The van der Waals surface area contributed by atoms with Gasteiger partial charge in [-0.2, -0.15) is 0 Å². The summed E-state index contributed by atoms with van der Waals surface area (Å²) in [6.45, 7) is 0. The molecule has 3 unspecified atom stereocenters. The van der Waals surface area contributed by atoms with E-state index < -0.39 is 6.04 Å².